The SMILES string of the molecule is CC(C)(C)NC(=O)COc1cccc(-c2ncc(OCc3ccccc3)c(Nc3cn[nH]c3)n2)c1. The minimum absolute atomic E-state index is 0.0822. The van der Waals surface area contributed by atoms with Gasteiger partial charge < -0.3 is 20.1 Å². The van der Waals surface area contributed by atoms with Gasteiger partial charge in [0.2, 0.25) is 0 Å². The van der Waals surface area contributed by atoms with Crippen molar-refractivity contribution in [2.75, 3.05) is 11.9 Å². The standard InChI is InChI=1S/C26H28N6O3/c1-26(2,3)32-23(33)17-34-21-11-7-10-19(12-21)24-27-15-22(35-16-18-8-5-4-6-9-18)25(31-24)30-20-13-28-29-14-20/h4-15H,16-17H2,1-3H3,(H,28,29)(H,32,33)(H,27,30,31). The Labute approximate surface area is 203 Å². The van der Waals surface area contributed by atoms with Gasteiger partial charge in [0.15, 0.2) is 24.0 Å². The van der Waals surface area contributed by atoms with Gasteiger partial charge in [-0.25, -0.2) is 9.97 Å². The third-order valence-corrected chi connectivity index (χ3v) is 4.73. The summed E-state index contributed by atoms with van der Waals surface area (Å²) in [5.41, 5.74) is 2.19. The third-order valence-electron chi connectivity index (χ3n) is 4.73. The van der Waals surface area contributed by atoms with Crippen LogP contribution in [0.1, 0.15) is 26.3 Å². The van der Waals surface area contributed by atoms with Gasteiger partial charge >= 0.3 is 0 Å². The Morgan fingerprint density at radius 2 is 1.86 bits per heavy atom. The van der Waals surface area contributed by atoms with Crippen molar-refractivity contribution in [2.45, 2.75) is 32.9 Å². The molecule has 9 heteroatoms. The van der Waals surface area contributed by atoms with Crippen LogP contribution in [-0.4, -0.2) is 38.2 Å². The molecule has 0 radical (unpaired) electrons. The van der Waals surface area contributed by atoms with E-state index in [1.54, 1.807) is 30.7 Å². The minimum atomic E-state index is -0.321. The molecule has 180 valence electrons. The first-order valence-corrected chi connectivity index (χ1v) is 11.2. The van der Waals surface area contributed by atoms with Crippen LogP contribution in [0.4, 0.5) is 11.5 Å². The predicted octanol–water partition coefficient (Wildman–Crippen LogP) is 4.48. The lowest BCUT2D eigenvalue weighted by Gasteiger charge is -2.20. The molecular formula is C26H28N6O3. The lowest BCUT2D eigenvalue weighted by molar-refractivity contribution is -0.124. The molecule has 35 heavy (non-hydrogen) atoms. The van der Waals surface area contributed by atoms with E-state index in [0.717, 1.165) is 16.8 Å². The molecule has 0 aliphatic rings. The van der Waals surface area contributed by atoms with Gasteiger partial charge in [0, 0.05) is 17.3 Å². The van der Waals surface area contributed by atoms with Gasteiger partial charge in [-0.15, -0.1) is 0 Å². The maximum Gasteiger partial charge on any atom is 0.258 e. The molecule has 0 fully saturated rings. The topological polar surface area (TPSA) is 114 Å². The lowest BCUT2D eigenvalue weighted by atomic mass is 10.1. The van der Waals surface area contributed by atoms with E-state index in [-0.39, 0.29) is 18.1 Å². The van der Waals surface area contributed by atoms with Crippen molar-refractivity contribution in [3.8, 4) is 22.9 Å². The Kier molecular flexibility index (Phi) is 7.25. The zero-order chi connectivity index (χ0) is 24.7. The lowest BCUT2D eigenvalue weighted by Crippen LogP contribution is -2.43. The molecule has 2 aromatic heterocycles. The number of aromatic amines is 1. The predicted molar refractivity (Wildman–Crippen MR) is 134 cm³/mol. The van der Waals surface area contributed by atoms with Crippen LogP contribution in [-0.2, 0) is 11.4 Å². The first-order valence-electron chi connectivity index (χ1n) is 11.2. The van der Waals surface area contributed by atoms with E-state index >= 15 is 0 Å². The van der Waals surface area contributed by atoms with Crippen molar-refractivity contribution in [3.63, 3.8) is 0 Å². The van der Waals surface area contributed by atoms with E-state index in [4.69, 9.17) is 14.5 Å². The largest absolute Gasteiger partial charge is 0.484 e. The van der Waals surface area contributed by atoms with Crippen molar-refractivity contribution in [1.82, 2.24) is 25.5 Å². The summed E-state index contributed by atoms with van der Waals surface area (Å²) < 4.78 is 11.7. The summed E-state index contributed by atoms with van der Waals surface area (Å²) in [4.78, 5) is 21.3. The number of carbonyl (C=O) groups excluding carboxylic acids is 1. The van der Waals surface area contributed by atoms with Crippen LogP contribution in [0.2, 0.25) is 0 Å². The third kappa shape index (κ3) is 7.04. The molecular weight excluding hydrogens is 444 g/mol. The molecule has 0 unspecified atom stereocenters. The van der Waals surface area contributed by atoms with Gasteiger partial charge in [-0.05, 0) is 38.5 Å². The highest BCUT2D eigenvalue weighted by molar-refractivity contribution is 5.78. The Morgan fingerprint density at radius 3 is 2.60 bits per heavy atom. The van der Waals surface area contributed by atoms with Crippen molar-refractivity contribution >= 4 is 17.4 Å². The van der Waals surface area contributed by atoms with Gasteiger partial charge in [0.25, 0.3) is 5.91 Å². The molecule has 1 amide bonds. The highest BCUT2D eigenvalue weighted by Crippen LogP contribution is 2.29. The number of H-pyrrole nitrogens is 1. The molecule has 0 bridgehead atoms. The van der Waals surface area contributed by atoms with Crippen molar-refractivity contribution < 1.29 is 14.3 Å². The molecule has 0 aliphatic heterocycles. The van der Waals surface area contributed by atoms with Crippen LogP contribution in [0.5, 0.6) is 11.5 Å². The van der Waals surface area contributed by atoms with Gasteiger partial charge in [0.1, 0.15) is 12.4 Å². The van der Waals surface area contributed by atoms with Crippen LogP contribution in [0, 0.1) is 0 Å². The first-order chi connectivity index (χ1) is 16.9. The average molecular weight is 473 g/mol. The smallest absolute Gasteiger partial charge is 0.258 e. The van der Waals surface area contributed by atoms with E-state index in [9.17, 15) is 4.79 Å². The first kappa shape index (κ1) is 23.7. The number of nitrogens with zero attached hydrogens (tertiary/aromatic N) is 3. The van der Waals surface area contributed by atoms with Gasteiger partial charge in [0.05, 0.1) is 18.1 Å². The summed E-state index contributed by atoms with van der Waals surface area (Å²) in [6.07, 6.45) is 5.01. The maximum absolute atomic E-state index is 12.1. The second kappa shape index (κ2) is 10.7. The van der Waals surface area contributed by atoms with E-state index in [1.165, 1.54) is 0 Å². The number of amides is 1. The van der Waals surface area contributed by atoms with Crippen LogP contribution < -0.4 is 20.1 Å². The van der Waals surface area contributed by atoms with Crippen molar-refractivity contribution in [3.05, 3.63) is 78.8 Å². The molecule has 0 aliphatic carbocycles. The number of rotatable bonds is 9. The quantitative estimate of drug-likeness (QED) is 0.329. The Hall–Kier alpha value is -4.40. The van der Waals surface area contributed by atoms with Crippen molar-refractivity contribution in [1.29, 1.82) is 0 Å². The van der Waals surface area contributed by atoms with Crippen LogP contribution in [0.25, 0.3) is 11.4 Å². The van der Waals surface area contributed by atoms with Crippen LogP contribution in [0.15, 0.2) is 73.2 Å². The normalized spacial score (nSPS) is 11.1. The van der Waals surface area contributed by atoms with Crippen molar-refractivity contribution in [2.24, 2.45) is 0 Å². The Balaban J connectivity index is 1.53. The summed E-state index contributed by atoms with van der Waals surface area (Å²) in [7, 11) is 0. The molecule has 3 N–H and O–H groups in total. The minimum Gasteiger partial charge on any atom is -0.484 e. The van der Waals surface area contributed by atoms with Gasteiger partial charge in [-0.2, -0.15) is 5.10 Å². The molecule has 0 atom stereocenters. The number of hydrogen-bond donors (Lipinski definition) is 3. The number of carbonyl (C=O) groups is 1. The fourth-order valence-corrected chi connectivity index (χ4v) is 3.22. The van der Waals surface area contributed by atoms with E-state index in [1.807, 2.05) is 63.2 Å². The molecule has 4 aromatic rings. The average Bonchev–Trinajstić information content (AvgIpc) is 3.35. The number of aromatic nitrogens is 4. The fraction of sp³-hybridized carbons (Fsp3) is 0.231. The monoisotopic (exact) mass is 472 g/mol. The van der Waals surface area contributed by atoms with Gasteiger partial charge in [-0.3, -0.25) is 9.89 Å². The summed E-state index contributed by atoms with van der Waals surface area (Å²) in [5, 5.41) is 12.8. The van der Waals surface area contributed by atoms with E-state index < -0.39 is 0 Å². The molecule has 9 nitrogen and oxygen atoms in total. The number of ether oxygens (including phenoxy) is 2. The van der Waals surface area contributed by atoms with Gasteiger partial charge in [-0.1, -0.05) is 42.5 Å². The molecule has 0 spiro atoms. The molecule has 0 saturated carbocycles. The fourth-order valence-electron chi connectivity index (χ4n) is 3.22. The number of benzene rings is 2. The molecule has 0 saturated heterocycles. The zero-order valence-corrected chi connectivity index (χ0v) is 19.9. The Bertz CT molecular complexity index is 1250. The number of hydrogen-bond acceptors (Lipinski definition) is 7. The molecule has 4 rings (SSSR count). The summed E-state index contributed by atoms with van der Waals surface area (Å²) in [6, 6.07) is 17.2. The van der Waals surface area contributed by atoms with E-state index in [0.29, 0.717) is 29.7 Å². The van der Waals surface area contributed by atoms with E-state index in [2.05, 4.69) is 25.8 Å². The summed E-state index contributed by atoms with van der Waals surface area (Å²) in [5.74, 6) is 1.84. The highest BCUT2D eigenvalue weighted by atomic mass is 16.5. The summed E-state index contributed by atoms with van der Waals surface area (Å²) in [6.45, 7) is 6.06. The number of anilines is 2. The maximum atomic E-state index is 12.1. The molecule has 2 aromatic carbocycles. The summed E-state index contributed by atoms with van der Waals surface area (Å²) >= 11 is 0. The van der Waals surface area contributed by atoms with Crippen LogP contribution in [0.3, 0.4) is 0 Å². The highest BCUT2D eigenvalue weighted by Gasteiger charge is 2.15. The van der Waals surface area contributed by atoms with Crippen LogP contribution >= 0.6 is 0 Å². The molecule has 2 heterocycles. The number of nitrogens with one attached hydrogen (secondary N) is 3. The second-order valence-electron chi connectivity index (χ2n) is 8.91. The zero-order valence-electron chi connectivity index (χ0n) is 19.9. The second-order valence-corrected chi connectivity index (χ2v) is 8.91. The Morgan fingerprint density at radius 1 is 1.03 bits per heavy atom.